The molecule has 0 amide bonds. The van der Waals surface area contributed by atoms with Crippen LogP contribution in [0.3, 0.4) is 0 Å². The van der Waals surface area contributed by atoms with Crippen LogP contribution in [0.15, 0.2) is 42.0 Å². The van der Waals surface area contributed by atoms with Crippen LogP contribution in [0.4, 0.5) is 5.82 Å². The van der Waals surface area contributed by atoms with Gasteiger partial charge in [-0.15, -0.1) is 0 Å². The molecule has 2 aliphatic rings. The summed E-state index contributed by atoms with van der Waals surface area (Å²) in [5, 5.41) is 50.3. The Hall–Kier alpha value is -3.48. The molecule has 8 atom stereocenters. The van der Waals surface area contributed by atoms with Gasteiger partial charge in [0.15, 0.2) is 12.5 Å². The van der Waals surface area contributed by atoms with Gasteiger partial charge >= 0.3 is 0 Å². The van der Waals surface area contributed by atoms with Gasteiger partial charge in [-0.3, -0.25) is 4.79 Å². The standard InChI is InChI=1S/C13H18N4O4.C12H15N3O5/c1-13(20-2)9(19)8(5-18)21-12(13)17-4-3-7-10(14)15-6-16-11(7)17;1-12(19)8(17)7(4-16)20-11(12)15-3-2-6-9(15)13-5-14-10(6)18/h3-4,6,8-9,12,18-19H,5H2,1-2H3,(H2,14,15,16);2-3,5,7-8,11,16-17,19H,4H2,1H3,(H,13,14,18)/t8-,9-,12-,13-;7-,8-,11-,12-/m11/s1. The average Bonchev–Trinajstić information content (AvgIpc) is 3.69. The van der Waals surface area contributed by atoms with Gasteiger partial charge in [0.25, 0.3) is 5.56 Å². The summed E-state index contributed by atoms with van der Waals surface area (Å²) in [6, 6.07) is 3.34. The van der Waals surface area contributed by atoms with E-state index in [9.17, 15) is 25.2 Å². The third-order valence-electron chi connectivity index (χ3n) is 7.85. The molecule has 0 aromatic carbocycles. The predicted octanol–water partition coefficient (Wildman–Crippen LogP) is -1.60. The molecule has 0 bridgehead atoms. The quantitative estimate of drug-likeness (QED) is 0.142. The lowest BCUT2D eigenvalue weighted by Crippen LogP contribution is -2.46. The maximum absolute atomic E-state index is 11.7. The summed E-state index contributed by atoms with van der Waals surface area (Å²) in [6.45, 7) is 2.43. The summed E-state index contributed by atoms with van der Waals surface area (Å²) in [6.07, 6.45) is 0.528. The molecule has 2 aliphatic heterocycles. The highest BCUT2D eigenvalue weighted by Crippen LogP contribution is 2.42. The summed E-state index contributed by atoms with van der Waals surface area (Å²) in [7, 11) is 1.49. The van der Waals surface area contributed by atoms with E-state index in [1.807, 2.05) is 0 Å². The number of nitrogens with one attached hydrogen (secondary N) is 1. The van der Waals surface area contributed by atoms with Gasteiger partial charge in [-0.2, -0.15) is 0 Å². The monoisotopic (exact) mass is 575 g/mol. The van der Waals surface area contributed by atoms with Crippen molar-refractivity contribution in [3.05, 3.63) is 47.5 Å². The SMILES string of the molecule is CO[C@]1(C)[C@H](O)[C@@H](CO)O[C@H]1n1ccc2c(N)ncnc21.C[C@@]1(O)[C@H](O)[C@@H](CO)O[C@H]1n1ccc2c(=O)[nH]cnc21. The summed E-state index contributed by atoms with van der Waals surface area (Å²) in [5.74, 6) is 0.370. The molecule has 2 fully saturated rings. The molecule has 8 N–H and O–H groups in total. The molecule has 0 radical (unpaired) electrons. The molecule has 4 aromatic heterocycles. The van der Waals surface area contributed by atoms with Crippen LogP contribution < -0.4 is 11.3 Å². The van der Waals surface area contributed by atoms with E-state index in [0.717, 1.165) is 0 Å². The van der Waals surface area contributed by atoms with Crippen LogP contribution in [0.1, 0.15) is 26.3 Å². The lowest BCUT2D eigenvalue weighted by atomic mass is 9.96. The summed E-state index contributed by atoms with van der Waals surface area (Å²) in [4.78, 5) is 26.3. The molecule has 6 heterocycles. The minimum Gasteiger partial charge on any atom is -0.394 e. The van der Waals surface area contributed by atoms with Gasteiger partial charge in [-0.25, -0.2) is 15.0 Å². The lowest BCUT2D eigenvalue weighted by molar-refractivity contribution is -0.118. The first-order valence-corrected chi connectivity index (χ1v) is 12.8. The number of nitrogens with two attached hydrogens (primary N) is 1. The summed E-state index contributed by atoms with van der Waals surface area (Å²) in [5.41, 5.74) is 3.82. The maximum Gasteiger partial charge on any atom is 0.260 e. The lowest BCUT2D eigenvalue weighted by Gasteiger charge is -2.31. The molecule has 0 aliphatic carbocycles. The highest BCUT2D eigenvalue weighted by atomic mass is 16.6. The van der Waals surface area contributed by atoms with Gasteiger partial charge < -0.3 is 59.6 Å². The number of rotatable bonds is 5. The molecule has 41 heavy (non-hydrogen) atoms. The van der Waals surface area contributed by atoms with Crippen molar-refractivity contribution in [2.45, 2.75) is 61.9 Å². The van der Waals surface area contributed by atoms with Gasteiger partial charge in [0, 0.05) is 19.5 Å². The Morgan fingerprint density at radius 2 is 1.56 bits per heavy atom. The maximum atomic E-state index is 11.7. The van der Waals surface area contributed by atoms with Crippen molar-refractivity contribution in [1.82, 2.24) is 29.1 Å². The Balaban J connectivity index is 0.000000165. The normalized spacial score (nSPS) is 33.4. The minimum absolute atomic E-state index is 0.299. The minimum atomic E-state index is -1.61. The third kappa shape index (κ3) is 4.58. The number of aromatic amines is 1. The zero-order chi connectivity index (χ0) is 29.7. The molecule has 0 spiro atoms. The van der Waals surface area contributed by atoms with Crippen LogP contribution in [-0.4, -0.2) is 111 Å². The number of ether oxygens (including phenoxy) is 3. The van der Waals surface area contributed by atoms with Crippen LogP contribution in [0.25, 0.3) is 22.1 Å². The van der Waals surface area contributed by atoms with Crippen molar-refractivity contribution < 1.29 is 39.7 Å². The van der Waals surface area contributed by atoms with Crippen LogP contribution in [0.5, 0.6) is 0 Å². The van der Waals surface area contributed by atoms with E-state index in [0.29, 0.717) is 27.9 Å². The van der Waals surface area contributed by atoms with Gasteiger partial charge in [0.05, 0.1) is 30.3 Å². The number of fused-ring (bicyclic) bond motifs is 2. The van der Waals surface area contributed by atoms with Crippen LogP contribution in [0, 0.1) is 0 Å². The number of H-pyrrole nitrogens is 1. The molecule has 0 saturated carbocycles. The first-order chi connectivity index (χ1) is 19.5. The molecular formula is C25H33N7O9. The number of nitrogen functional groups attached to an aromatic ring is 1. The third-order valence-corrected chi connectivity index (χ3v) is 7.85. The van der Waals surface area contributed by atoms with E-state index >= 15 is 0 Å². The Kier molecular flexibility index (Phi) is 7.60. The Labute approximate surface area is 232 Å². The molecule has 4 aromatic rings. The number of aliphatic hydroxyl groups excluding tert-OH is 4. The second-order valence-electron chi connectivity index (χ2n) is 10.3. The van der Waals surface area contributed by atoms with E-state index < -0.39 is 54.7 Å². The number of aliphatic hydroxyl groups is 5. The van der Waals surface area contributed by atoms with E-state index in [4.69, 9.17) is 25.1 Å². The van der Waals surface area contributed by atoms with Gasteiger partial charge in [0.2, 0.25) is 0 Å². The predicted molar refractivity (Wildman–Crippen MR) is 142 cm³/mol. The Morgan fingerprint density at radius 1 is 0.976 bits per heavy atom. The number of nitrogens with zero attached hydrogens (tertiary/aromatic N) is 5. The first-order valence-electron chi connectivity index (χ1n) is 12.8. The van der Waals surface area contributed by atoms with E-state index in [1.165, 1.54) is 31.3 Å². The summed E-state index contributed by atoms with van der Waals surface area (Å²) < 4.78 is 19.9. The van der Waals surface area contributed by atoms with Crippen molar-refractivity contribution in [2.75, 3.05) is 26.1 Å². The van der Waals surface area contributed by atoms with Crippen LogP contribution in [-0.2, 0) is 14.2 Å². The van der Waals surface area contributed by atoms with Crippen molar-refractivity contribution in [3.63, 3.8) is 0 Å². The zero-order valence-electron chi connectivity index (χ0n) is 22.5. The summed E-state index contributed by atoms with van der Waals surface area (Å²) >= 11 is 0. The second-order valence-corrected chi connectivity index (χ2v) is 10.3. The molecule has 2 saturated heterocycles. The molecule has 16 nitrogen and oxygen atoms in total. The van der Waals surface area contributed by atoms with Crippen molar-refractivity contribution in [1.29, 1.82) is 0 Å². The average molecular weight is 576 g/mol. The fraction of sp³-hybridized carbons (Fsp3) is 0.520. The smallest absolute Gasteiger partial charge is 0.260 e. The van der Waals surface area contributed by atoms with Crippen molar-refractivity contribution in [2.24, 2.45) is 0 Å². The van der Waals surface area contributed by atoms with Crippen molar-refractivity contribution >= 4 is 27.9 Å². The molecule has 16 heteroatoms. The fourth-order valence-electron chi connectivity index (χ4n) is 5.34. The fourth-order valence-corrected chi connectivity index (χ4v) is 5.34. The topological polar surface area (TPSA) is 236 Å². The van der Waals surface area contributed by atoms with Crippen molar-refractivity contribution in [3.8, 4) is 0 Å². The van der Waals surface area contributed by atoms with Crippen LogP contribution >= 0.6 is 0 Å². The van der Waals surface area contributed by atoms with Gasteiger partial charge in [0.1, 0.15) is 59.1 Å². The van der Waals surface area contributed by atoms with Gasteiger partial charge in [-0.1, -0.05) is 0 Å². The first kappa shape index (κ1) is 29.0. The number of anilines is 1. The second kappa shape index (κ2) is 10.7. The number of hydrogen-bond acceptors (Lipinski definition) is 13. The number of aromatic nitrogens is 6. The van der Waals surface area contributed by atoms with E-state index in [2.05, 4.69) is 19.9 Å². The van der Waals surface area contributed by atoms with E-state index in [-0.39, 0.29) is 12.2 Å². The Bertz CT molecular complexity index is 1590. The number of methoxy groups -OCH3 is 1. The molecule has 222 valence electrons. The Morgan fingerprint density at radius 3 is 2.20 bits per heavy atom. The van der Waals surface area contributed by atoms with Gasteiger partial charge in [-0.05, 0) is 26.0 Å². The number of hydrogen-bond donors (Lipinski definition) is 7. The zero-order valence-corrected chi connectivity index (χ0v) is 22.5. The highest BCUT2D eigenvalue weighted by molar-refractivity contribution is 5.86. The highest BCUT2D eigenvalue weighted by Gasteiger charge is 2.55. The largest absolute Gasteiger partial charge is 0.394 e. The molecular weight excluding hydrogens is 542 g/mol. The van der Waals surface area contributed by atoms with Crippen LogP contribution in [0.2, 0.25) is 0 Å². The molecule has 0 unspecified atom stereocenters. The molecule has 6 rings (SSSR count). The van der Waals surface area contributed by atoms with E-state index in [1.54, 1.807) is 36.0 Å².